The molecule has 0 saturated carbocycles. The SMILES string of the molecule is Cc1ccc(C(=O)N2CCN(S(=O)(=O)c3ccc(C(F)(F)F)cc3C)C[C@@H]2C)cn1. The van der Waals surface area contributed by atoms with Gasteiger partial charge in [0.1, 0.15) is 0 Å². The van der Waals surface area contributed by atoms with Crippen LogP contribution in [-0.4, -0.2) is 54.2 Å². The summed E-state index contributed by atoms with van der Waals surface area (Å²) in [5.41, 5.74) is 0.334. The van der Waals surface area contributed by atoms with Crippen LogP contribution in [0.3, 0.4) is 0 Å². The van der Waals surface area contributed by atoms with E-state index < -0.39 is 27.8 Å². The van der Waals surface area contributed by atoms with Gasteiger partial charge in [0.25, 0.3) is 5.91 Å². The molecule has 6 nitrogen and oxygen atoms in total. The van der Waals surface area contributed by atoms with Gasteiger partial charge >= 0.3 is 6.18 Å². The molecular weight excluding hydrogens is 419 g/mol. The van der Waals surface area contributed by atoms with Crippen molar-refractivity contribution >= 4 is 15.9 Å². The molecule has 1 saturated heterocycles. The lowest BCUT2D eigenvalue weighted by Crippen LogP contribution is -2.55. The zero-order chi connectivity index (χ0) is 22.3. The first kappa shape index (κ1) is 22.2. The van der Waals surface area contributed by atoms with Crippen LogP contribution in [0, 0.1) is 13.8 Å². The third-order valence-electron chi connectivity index (χ3n) is 5.13. The Labute approximate surface area is 173 Å². The Bertz CT molecular complexity index is 1050. The van der Waals surface area contributed by atoms with Crippen molar-refractivity contribution in [3.8, 4) is 0 Å². The van der Waals surface area contributed by atoms with Gasteiger partial charge in [-0.25, -0.2) is 8.42 Å². The summed E-state index contributed by atoms with van der Waals surface area (Å²) in [6.07, 6.45) is -3.06. The third-order valence-corrected chi connectivity index (χ3v) is 7.15. The summed E-state index contributed by atoms with van der Waals surface area (Å²) in [5, 5.41) is 0. The van der Waals surface area contributed by atoms with Gasteiger partial charge in [0, 0.05) is 37.6 Å². The molecule has 30 heavy (non-hydrogen) atoms. The largest absolute Gasteiger partial charge is 0.416 e. The Morgan fingerprint density at radius 1 is 1.13 bits per heavy atom. The molecule has 162 valence electrons. The number of nitrogens with zero attached hydrogens (tertiary/aromatic N) is 3. The molecule has 0 spiro atoms. The van der Waals surface area contributed by atoms with E-state index in [1.54, 1.807) is 24.0 Å². The summed E-state index contributed by atoms with van der Waals surface area (Å²) in [6.45, 7) is 5.17. The molecule has 1 aliphatic rings. The summed E-state index contributed by atoms with van der Waals surface area (Å²) in [4.78, 5) is 18.3. The quantitative estimate of drug-likeness (QED) is 0.733. The molecule has 10 heteroatoms. The number of pyridine rings is 1. The molecule has 1 atom stereocenters. The monoisotopic (exact) mass is 441 g/mol. The third kappa shape index (κ3) is 4.34. The predicted molar refractivity (Wildman–Crippen MR) is 104 cm³/mol. The molecule has 3 rings (SSSR count). The second kappa shape index (κ2) is 7.99. The number of amides is 1. The number of aromatic nitrogens is 1. The van der Waals surface area contributed by atoms with Crippen molar-refractivity contribution in [2.75, 3.05) is 19.6 Å². The number of hydrogen-bond donors (Lipinski definition) is 0. The minimum absolute atomic E-state index is 0.0294. The van der Waals surface area contributed by atoms with Crippen LogP contribution in [0.2, 0.25) is 0 Å². The molecule has 0 N–H and O–H groups in total. The fourth-order valence-corrected chi connectivity index (χ4v) is 5.18. The zero-order valence-corrected chi connectivity index (χ0v) is 17.6. The Kier molecular flexibility index (Phi) is 5.92. The first-order valence-corrected chi connectivity index (χ1v) is 10.8. The molecule has 1 aromatic carbocycles. The molecule has 0 unspecified atom stereocenters. The normalized spacial score (nSPS) is 18.5. The molecule has 1 aromatic heterocycles. The van der Waals surface area contributed by atoms with E-state index in [4.69, 9.17) is 0 Å². The molecule has 2 aromatic rings. The highest BCUT2D eigenvalue weighted by Crippen LogP contribution is 2.32. The highest BCUT2D eigenvalue weighted by molar-refractivity contribution is 7.89. The number of carbonyl (C=O) groups is 1. The van der Waals surface area contributed by atoms with Crippen molar-refractivity contribution < 1.29 is 26.4 Å². The predicted octanol–water partition coefficient (Wildman–Crippen LogP) is 3.25. The number of rotatable bonds is 3. The minimum Gasteiger partial charge on any atom is -0.333 e. The van der Waals surface area contributed by atoms with Gasteiger partial charge < -0.3 is 4.90 Å². The smallest absolute Gasteiger partial charge is 0.333 e. The van der Waals surface area contributed by atoms with Gasteiger partial charge in [-0.05, 0) is 56.7 Å². The Balaban J connectivity index is 1.79. The Morgan fingerprint density at radius 2 is 1.83 bits per heavy atom. The van der Waals surface area contributed by atoms with Crippen LogP contribution in [-0.2, 0) is 16.2 Å². The lowest BCUT2D eigenvalue weighted by atomic mass is 10.1. The van der Waals surface area contributed by atoms with Crippen molar-refractivity contribution in [3.05, 3.63) is 58.9 Å². The summed E-state index contributed by atoms with van der Waals surface area (Å²) in [5.74, 6) is -0.238. The van der Waals surface area contributed by atoms with Crippen LogP contribution in [0.1, 0.15) is 34.1 Å². The zero-order valence-electron chi connectivity index (χ0n) is 16.8. The molecule has 1 amide bonds. The van der Waals surface area contributed by atoms with E-state index in [0.29, 0.717) is 5.56 Å². The topological polar surface area (TPSA) is 70.6 Å². The first-order chi connectivity index (χ1) is 13.9. The van der Waals surface area contributed by atoms with Gasteiger partial charge in [-0.15, -0.1) is 0 Å². The van der Waals surface area contributed by atoms with Gasteiger partial charge in [0.15, 0.2) is 0 Å². The molecule has 1 aliphatic heterocycles. The summed E-state index contributed by atoms with van der Waals surface area (Å²) in [6, 6.07) is 5.59. The lowest BCUT2D eigenvalue weighted by molar-refractivity contribution is -0.137. The van der Waals surface area contributed by atoms with Gasteiger partial charge in [-0.3, -0.25) is 9.78 Å². The molecular formula is C20H22F3N3O3S. The fraction of sp³-hybridized carbons (Fsp3) is 0.400. The van der Waals surface area contributed by atoms with Crippen molar-refractivity contribution in [2.45, 2.75) is 37.9 Å². The van der Waals surface area contributed by atoms with Crippen molar-refractivity contribution in [3.63, 3.8) is 0 Å². The molecule has 1 fully saturated rings. The van der Waals surface area contributed by atoms with Crippen LogP contribution in [0.15, 0.2) is 41.4 Å². The number of halogens is 3. The molecule has 2 heterocycles. The number of hydrogen-bond acceptors (Lipinski definition) is 4. The number of piperazine rings is 1. The number of aryl methyl sites for hydroxylation is 2. The second-order valence-corrected chi connectivity index (χ2v) is 9.28. The average molecular weight is 441 g/mol. The Hall–Kier alpha value is -2.46. The number of carbonyl (C=O) groups excluding carboxylic acids is 1. The second-order valence-electron chi connectivity index (χ2n) is 7.38. The van der Waals surface area contributed by atoms with E-state index in [-0.39, 0.29) is 36.0 Å². The van der Waals surface area contributed by atoms with Crippen LogP contribution in [0.25, 0.3) is 0 Å². The highest BCUT2D eigenvalue weighted by Gasteiger charge is 2.36. The van der Waals surface area contributed by atoms with Crippen LogP contribution >= 0.6 is 0 Å². The van der Waals surface area contributed by atoms with Crippen molar-refractivity contribution in [2.24, 2.45) is 0 Å². The van der Waals surface area contributed by atoms with Gasteiger partial charge in [-0.1, -0.05) is 0 Å². The standard InChI is InChI=1S/C20H22F3N3O3S/c1-13-10-17(20(21,22)23)6-7-18(13)30(28,29)25-8-9-26(15(3)12-25)19(27)16-5-4-14(2)24-11-16/h4-7,10-11,15H,8-9,12H2,1-3H3/t15-/m0/s1. The highest BCUT2D eigenvalue weighted by atomic mass is 32.2. The summed E-state index contributed by atoms with van der Waals surface area (Å²) in [7, 11) is -3.99. The fourth-order valence-electron chi connectivity index (χ4n) is 3.46. The lowest BCUT2D eigenvalue weighted by Gasteiger charge is -2.39. The van der Waals surface area contributed by atoms with E-state index >= 15 is 0 Å². The number of sulfonamides is 1. The molecule has 0 bridgehead atoms. The van der Waals surface area contributed by atoms with Crippen LogP contribution < -0.4 is 0 Å². The summed E-state index contributed by atoms with van der Waals surface area (Å²) < 4.78 is 65.9. The maximum atomic E-state index is 13.0. The maximum Gasteiger partial charge on any atom is 0.416 e. The minimum atomic E-state index is -4.54. The van der Waals surface area contributed by atoms with E-state index in [9.17, 15) is 26.4 Å². The van der Waals surface area contributed by atoms with Crippen molar-refractivity contribution in [1.82, 2.24) is 14.2 Å². The maximum absolute atomic E-state index is 13.0. The van der Waals surface area contributed by atoms with Gasteiger partial charge in [0.05, 0.1) is 16.0 Å². The van der Waals surface area contributed by atoms with Crippen molar-refractivity contribution in [1.29, 1.82) is 0 Å². The van der Waals surface area contributed by atoms with E-state index in [0.717, 1.165) is 23.9 Å². The Morgan fingerprint density at radius 3 is 2.37 bits per heavy atom. The van der Waals surface area contributed by atoms with Gasteiger partial charge in [-0.2, -0.15) is 17.5 Å². The van der Waals surface area contributed by atoms with Crippen LogP contribution in [0.5, 0.6) is 0 Å². The van der Waals surface area contributed by atoms with E-state index in [1.165, 1.54) is 17.4 Å². The summed E-state index contributed by atoms with van der Waals surface area (Å²) >= 11 is 0. The average Bonchev–Trinajstić information content (AvgIpc) is 2.67. The first-order valence-electron chi connectivity index (χ1n) is 9.33. The molecule has 0 radical (unpaired) electrons. The van der Waals surface area contributed by atoms with Gasteiger partial charge in [0.2, 0.25) is 10.0 Å². The van der Waals surface area contributed by atoms with E-state index in [2.05, 4.69) is 4.98 Å². The molecule has 0 aliphatic carbocycles. The number of alkyl halides is 3. The van der Waals surface area contributed by atoms with E-state index in [1.807, 2.05) is 6.92 Å². The van der Waals surface area contributed by atoms with Crippen LogP contribution in [0.4, 0.5) is 13.2 Å². The number of benzene rings is 1.